The lowest BCUT2D eigenvalue weighted by atomic mass is 9.94. The molecule has 0 aliphatic rings. The van der Waals surface area contributed by atoms with Crippen LogP contribution in [0.2, 0.25) is 0 Å². The van der Waals surface area contributed by atoms with Crippen LogP contribution in [-0.2, 0) is 19.2 Å². The number of aliphatic carboxylic acids is 2. The third kappa shape index (κ3) is 6.32. The van der Waals surface area contributed by atoms with Gasteiger partial charge in [-0.1, -0.05) is 0 Å². The van der Waals surface area contributed by atoms with Gasteiger partial charge in [-0.3, -0.25) is 19.2 Å². The molecule has 1 amide bonds. The predicted octanol–water partition coefficient (Wildman–Crippen LogP) is -1.70. The summed E-state index contributed by atoms with van der Waals surface area (Å²) in [5.41, 5.74) is 10.7. The van der Waals surface area contributed by atoms with Gasteiger partial charge in [-0.2, -0.15) is 0 Å². The topological polar surface area (TPSA) is 173 Å². The molecule has 0 saturated heterocycles. The number of carboxylic acid groups (broad SMARTS) is 2. The van der Waals surface area contributed by atoms with Crippen molar-refractivity contribution in [3.05, 3.63) is 0 Å². The fraction of sp³-hybridized carbons (Fsp3) is 0.667. The van der Waals surface area contributed by atoms with Gasteiger partial charge in [0, 0.05) is 0 Å². The Bertz CT molecular complexity index is 396. The lowest BCUT2D eigenvalue weighted by Gasteiger charge is -2.20. The van der Waals surface area contributed by atoms with Gasteiger partial charge in [0.05, 0.1) is 12.1 Å². The number of unbranched alkanes of at least 4 members (excludes halogenated alkanes) is 1. The van der Waals surface area contributed by atoms with Gasteiger partial charge in [0.25, 0.3) is 0 Å². The zero-order chi connectivity index (χ0) is 16.6. The Morgan fingerprint density at radius 1 is 1.10 bits per heavy atom. The quantitative estimate of drug-likeness (QED) is 0.234. The summed E-state index contributed by atoms with van der Waals surface area (Å²) >= 11 is 0. The van der Waals surface area contributed by atoms with Crippen LogP contribution < -0.4 is 16.8 Å². The van der Waals surface area contributed by atoms with Crippen molar-refractivity contribution in [2.75, 3.05) is 6.54 Å². The summed E-state index contributed by atoms with van der Waals surface area (Å²) in [5.74, 6) is -7.50. The highest BCUT2D eigenvalue weighted by Gasteiger charge is 2.38. The first-order valence-electron chi connectivity index (χ1n) is 6.47. The van der Waals surface area contributed by atoms with Crippen LogP contribution in [0.5, 0.6) is 0 Å². The van der Waals surface area contributed by atoms with Crippen molar-refractivity contribution in [1.29, 1.82) is 0 Å². The number of Topliss-reactive ketones (excluding diaryl/α,β-unsaturated/α-hetero) is 1. The molecule has 0 aromatic rings. The minimum absolute atomic E-state index is 0.103. The molecule has 0 radical (unpaired) electrons. The molecular formula is C12H21N3O6. The second-order valence-corrected chi connectivity index (χ2v) is 4.65. The van der Waals surface area contributed by atoms with E-state index < -0.39 is 41.6 Å². The summed E-state index contributed by atoms with van der Waals surface area (Å²) in [7, 11) is 0. The van der Waals surface area contributed by atoms with Gasteiger partial charge in [-0.15, -0.1) is 0 Å². The van der Waals surface area contributed by atoms with Crippen LogP contribution in [0.25, 0.3) is 0 Å². The molecule has 0 fully saturated rings. The molecule has 0 unspecified atom stereocenters. The SMILES string of the molecule is C[C@H](N)C(=O)N[C@@H](CCCCN)C(=O)C(C(=O)O)C(=O)O. The number of nitrogens with one attached hydrogen (secondary N) is 1. The van der Waals surface area contributed by atoms with Crippen molar-refractivity contribution in [3.63, 3.8) is 0 Å². The summed E-state index contributed by atoms with van der Waals surface area (Å²) < 4.78 is 0. The largest absolute Gasteiger partial charge is 0.480 e. The van der Waals surface area contributed by atoms with Crippen molar-refractivity contribution in [1.82, 2.24) is 5.32 Å². The number of carbonyl (C=O) groups excluding carboxylic acids is 2. The van der Waals surface area contributed by atoms with Crippen molar-refractivity contribution in [2.24, 2.45) is 17.4 Å². The monoisotopic (exact) mass is 303 g/mol. The first-order chi connectivity index (χ1) is 9.72. The van der Waals surface area contributed by atoms with E-state index in [-0.39, 0.29) is 6.42 Å². The highest BCUT2D eigenvalue weighted by atomic mass is 16.4. The molecule has 0 aliphatic heterocycles. The Kier molecular flexibility index (Phi) is 8.17. The molecule has 2 atom stereocenters. The maximum atomic E-state index is 12.0. The molecule has 0 saturated carbocycles. The van der Waals surface area contributed by atoms with Crippen LogP contribution in [-0.4, -0.2) is 52.5 Å². The molecule has 9 heteroatoms. The van der Waals surface area contributed by atoms with E-state index in [1.165, 1.54) is 6.92 Å². The van der Waals surface area contributed by atoms with Gasteiger partial charge in [0.15, 0.2) is 5.78 Å². The third-order valence-corrected chi connectivity index (χ3v) is 2.80. The summed E-state index contributed by atoms with van der Waals surface area (Å²) in [6, 6.07) is -2.12. The van der Waals surface area contributed by atoms with E-state index in [4.69, 9.17) is 21.7 Å². The maximum absolute atomic E-state index is 12.0. The normalized spacial score (nSPS) is 13.5. The van der Waals surface area contributed by atoms with E-state index >= 15 is 0 Å². The van der Waals surface area contributed by atoms with Crippen molar-refractivity contribution < 1.29 is 29.4 Å². The van der Waals surface area contributed by atoms with Crippen molar-refractivity contribution in [2.45, 2.75) is 38.3 Å². The first-order valence-corrected chi connectivity index (χ1v) is 6.47. The van der Waals surface area contributed by atoms with Crippen molar-refractivity contribution >= 4 is 23.6 Å². The van der Waals surface area contributed by atoms with E-state index in [2.05, 4.69) is 5.32 Å². The third-order valence-electron chi connectivity index (χ3n) is 2.80. The Balaban J connectivity index is 5.07. The fourth-order valence-electron chi connectivity index (χ4n) is 1.63. The molecule has 7 N–H and O–H groups in total. The minimum atomic E-state index is -2.22. The van der Waals surface area contributed by atoms with E-state index in [0.717, 1.165) is 0 Å². The predicted molar refractivity (Wildman–Crippen MR) is 72.3 cm³/mol. The zero-order valence-electron chi connectivity index (χ0n) is 11.7. The lowest BCUT2D eigenvalue weighted by molar-refractivity contribution is -0.158. The number of ketones is 1. The molecule has 0 aromatic carbocycles. The van der Waals surface area contributed by atoms with E-state index in [0.29, 0.717) is 19.4 Å². The average Bonchev–Trinajstić information content (AvgIpc) is 2.36. The Hall–Kier alpha value is -2.00. The molecular weight excluding hydrogens is 282 g/mol. The zero-order valence-corrected chi connectivity index (χ0v) is 11.7. The lowest BCUT2D eigenvalue weighted by Crippen LogP contribution is -2.51. The van der Waals surface area contributed by atoms with Crippen molar-refractivity contribution in [3.8, 4) is 0 Å². The van der Waals surface area contributed by atoms with E-state index in [1.54, 1.807) is 0 Å². The molecule has 0 rings (SSSR count). The number of hydrogen-bond acceptors (Lipinski definition) is 6. The second kappa shape index (κ2) is 9.03. The average molecular weight is 303 g/mol. The van der Waals surface area contributed by atoms with Crippen LogP contribution in [0.15, 0.2) is 0 Å². The van der Waals surface area contributed by atoms with Gasteiger partial charge in [0.1, 0.15) is 0 Å². The fourth-order valence-corrected chi connectivity index (χ4v) is 1.63. The number of carboxylic acids is 2. The van der Waals surface area contributed by atoms with Gasteiger partial charge in [-0.25, -0.2) is 0 Å². The number of carbonyl (C=O) groups is 4. The van der Waals surface area contributed by atoms with E-state index in [1.807, 2.05) is 0 Å². The van der Waals surface area contributed by atoms with Gasteiger partial charge >= 0.3 is 11.9 Å². The first kappa shape index (κ1) is 19.0. The highest BCUT2D eigenvalue weighted by Crippen LogP contribution is 2.10. The van der Waals surface area contributed by atoms with Crippen LogP contribution in [0.3, 0.4) is 0 Å². The summed E-state index contributed by atoms with van der Waals surface area (Å²) in [6.07, 6.45) is 1.10. The van der Waals surface area contributed by atoms with Crippen LogP contribution in [0.4, 0.5) is 0 Å². The summed E-state index contributed by atoms with van der Waals surface area (Å²) in [6.45, 7) is 1.76. The van der Waals surface area contributed by atoms with Gasteiger partial charge < -0.3 is 27.0 Å². The number of rotatable bonds is 10. The van der Waals surface area contributed by atoms with Crippen LogP contribution in [0, 0.1) is 5.92 Å². The molecule has 120 valence electrons. The Morgan fingerprint density at radius 2 is 1.62 bits per heavy atom. The summed E-state index contributed by atoms with van der Waals surface area (Å²) in [4.78, 5) is 45.3. The Morgan fingerprint density at radius 3 is 2.00 bits per heavy atom. The van der Waals surface area contributed by atoms with E-state index in [9.17, 15) is 19.2 Å². The van der Waals surface area contributed by atoms with Gasteiger partial charge in [-0.05, 0) is 32.7 Å². The maximum Gasteiger partial charge on any atom is 0.325 e. The second-order valence-electron chi connectivity index (χ2n) is 4.65. The van der Waals surface area contributed by atoms with Crippen LogP contribution in [0.1, 0.15) is 26.2 Å². The molecule has 21 heavy (non-hydrogen) atoms. The van der Waals surface area contributed by atoms with Gasteiger partial charge in [0.2, 0.25) is 11.8 Å². The standard InChI is InChI=1S/C12H21N3O6/c1-6(14)10(17)15-7(4-2-3-5-13)9(16)8(11(18)19)12(20)21/h6-8H,2-5,13-14H2,1H3,(H,15,17)(H,18,19)(H,20,21)/t6-,7-/m0/s1. The number of amides is 1. The molecule has 0 heterocycles. The number of hydrogen-bond donors (Lipinski definition) is 5. The molecule has 0 aliphatic carbocycles. The smallest absolute Gasteiger partial charge is 0.325 e. The Labute approximate surface area is 121 Å². The van der Waals surface area contributed by atoms with Crippen LogP contribution >= 0.6 is 0 Å². The molecule has 9 nitrogen and oxygen atoms in total. The highest BCUT2D eigenvalue weighted by molar-refractivity contribution is 6.16. The summed E-state index contributed by atoms with van der Waals surface area (Å²) in [5, 5.41) is 19.9. The number of nitrogens with two attached hydrogens (primary N) is 2. The molecule has 0 spiro atoms. The minimum Gasteiger partial charge on any atom is -0.480 e. The molecule has 0 aromatic heterocycles. The molecule has 0 bridgehead atoms.